The van der Waals surface area contributed by atoms with Crippen molar-refractivity contribution in [1.29, 1.82) is 10.5 Å². The first-order valence-corrected chi connectivity index (χ1v) is 6.74. The molecule has 3 rings (SSSR count). The van der Waals surface area contributed by atoms with Crippen LogP contribution in [0, 0.1) is 22.7 Å². The molecule has 3 aromatic rings. The lowest BCUT2D eigenvalue weighted by Crippen LogP contribution is -2.25. The highest BCUT2D eigenvalue weighted by Gasteiger charge is 2.39. The van der Waals surface area contributed by atoms with Crippen molar-refractivity contribution >= 4 is 0 Å². The summed E-state index contributed by atoms with van der Waals surface area (Å²) in [4.78, 5) is 3.95. The van der Waals surface area contributed by atoms with Crippen molar-refractivity contribution in [2.45, 2.75) is 5.67 Å². The van der Waals surface area contributed by atoms with Gasteiger partial charge >= 0.3 is 0 Å². The third kappa shape index (κ3) is 2.43. The van der Waals surface area contributed by atoms with E-state index in [2.05, 4.69) is 15.2 Å². The Morgan fingerprint density at radius 2 is 1.35 bits per heavy atom. The first-order valence-electron chi connectivity index (χ1n) is 6.74. The minimum absolute atomic E-state index is 0.0342. The van der Waals surface area contributed by atoms with Gasteiger partial charge in [0.2, 0.25) is 5.67 Å². The molecule has 0 aliphatic rings. The second-order valence-corrected chi connectivity index (χ2v) is 4.87. The summed E-state index contributed by atoms with van der Waals surface area (Å²) in [5, 5.41) is 24.1. The van der Waals surface area contributed by atoms with E-state index in [1.807, 2.05) is 12.1 Å². The van der Waals surface area contributed by atoms with E-state index in [1.54, 1.807) is 48.5 Å². The molecule has 0 bridgehead atoms. The number of alkyl halides is 1. The van der Waals surface area contributed by atoms with Crippen LogP contribution in [-0.4, -0.2) is 15.2 Å². The Balaban J connectivity index is 2.18. The van der Waals surface area contributed by atoms with Crippen molar-refractivity contribution in [3.8, 4) is 12.1 Å². The van der Waals surface area contributed by atoms with Crippen molar-refractivity contribution in [3.63, 3.8) is 0 Å². The molecule has 1 N–H and O–H groups in total. The van der Waals surface area contributed by atoms with Gasteiger partial charge in [-0.25, -0.2) is 9.37 Å². The molecule has 5 nitrogen and oxygen atoms in total. The van der Waals surface area contributed by atoms with Crippen molar-refractivity contribution in [3.05, 3.63) is 82.9 Å². The largest absolute Gasteiger partial charge is 0.260 e. The molecule has 0 fully saturated rings. The summed E-state index contributed by atoms with van der Waals surface area (Å²) in [6.07, 6.45) is 1.23. The number of rotatable bonds is 3. The van der Waals surface area contributed by atoms with Gasteiger partial charge in [0.15, 0.2) is 5.82 Å². The number of aromatic amines is 1. The van der Waals surface area contributed by atoms with Crippen LogP contribution in [0.2, 0.25) is 0 Å². The van der Waals surface area contributed by atoms with Crippen molar-refractivity contribution in [2.75, 3.05) is 0 Å². The molecular weight excluding hydrogens is 293 g/mol. The lowest BCUT2D eigenvalue weighted by molar-refractivity contribution is 0.265. The zero-order valence-electron chi connectivity index (χ0n) is 11.9. The Kier molecular flexibility index (Phi) is 3.58. The van der Waals surface area contributed by atoms with E-state index in [9.17, 15) is 0 Å². The van der Waals surface area contributed by atoms with Crippen LogP contribution in [0.25, 0.3) is 0 Å². The number of halogens is 1. The van der Waals surface area contributed by atoms with Crippen LogP contribution in [-0.2, 0) is 5.67 Å². The van der Waals surface area contributed by atoms with Gasteiger partial charge in [-0.1, -0.05) is 24.3 Å². The summed E-state index contributed by atoms with van der Waals surface area (Å²) in [7, 11) is 0. The number of hydrogen-bond acceptors (Lipinski definition) is 4. The SMILES string of the molecule is N#Cc1ccc(C(F)(c2ccc(C#N)cc2)c2ncn[nH]2)cc1. The fraction of sp³-hybridized carbons (Fsp3) is 0.0588. The van der Waals surface area contributed by atoms with E-state index in [-0.39, 0.29) is 5.82 Å². The Labute approximate surface area is 131 Å². The Bertz CT molecular complexity index is 827. The molecule has 0 unspecified atom stereocenters. The molecule has 6 heteroatoms. The molecule has 0 atom stereocenters. The second kappa shape index (κ2) is 5.70. The summed E-state index contributed by atoms with van der Waals surface area (Å²) in [6.45, 7) is 0. The minimum atomic E-state index is -2.06. The predicted molar refractivity (Wildman–Crippen MR) is 79.7 cm³/mol. The van der Waals surface area contributed by atoms with Gasteiger partial charge in [-0.3, -0.25) is 5.10 Å². The fourth-order valence-electron chi connectivity index (χ4n) is 2.36. The van der Waals surface area contributed by atoms with E-state index in [4.69, 9.17) is 10.5 Å². The lowest BCUT2D eigenvalue weighted by Gasteiger charge is -2.24. The minimum Gasteiger partial charge on any atom is -0.260 e. The molecule has 0 saturated heterocycles. The van der Waals surface area contributed by atoms with Gasteiger partial charge in [0, 0.05) is 11.1 Å². The molecule has 2 aromatic carbocycles. The number of nitriles is 2. The molecule has 23 heavy (non-hydrogen) atoms. The number of hydrogen-bond donors (Lipinski definition) is 1. The van der Waals surface area contributed by atoms with E-state index in [0.717, 1.165) is 0 Å². The summed E-state index contributed by atoms with van der Waals surface area (Å²) in [5.74, 6) is 0.0342. The number of aromatic nitrogens is 3. The maximum atomic E-state index is 16.0. The number of benzene rings is 2. The van der Waals surface area contributed by atoms with Crippen LogP contribution in [0.15, 0.2) is 54.9 Å². The first-order chi connectivity index (χ1) is 11.2. The summed E-state index contributed by atoms with van der Waals surface area (Å²) >= 11 is 0. The van der Waals surface area contributed by atoms with Gasteiger partial charge in [0.05, 0.1) is 23.3 Å². The van der Waals surface area contributed by atoms with Gasteiger partial charge in [0.1, 0.15) is 6.33 Å². The van der Waals surface area contributed by atoms with E-state index in [0.29, 0.717) is 22.3 Å². The molecule has 1 heterocycles. The molecule has 110 valence electrons. The van der Waals surface area contributed by atoms with Gasteiger partial charge in [-0.05, 0) is 24.3 Å². The van der Waals surface area contributed by atoms with E-state index >= 15 is 4.39 Å². The van der Waals surface area contributed by atoms with Crippen molar-refractivity contribution < 1.29 is 4.39 Å². The van der Waals surface area contributed by atoms with Gasteiger partial charge in [0.25, 0.3) is 0 Å². The highest BCUT2D eigenvalue weighted by molar-refractivity contribution is 5.46. The molecule has 0 amide bonds. The van der Waals surface area contributed by atoms with Gasteiger partial charge in [-0.15, -0.1) is 0 Å². The van der Waals surface area contributed by atoms with Crippen LogP contribution in [0.1, 0.15) is 28.1 Å². The quantitative estimate of drug-likeness (QED) is 0.805. The highest BCUT2D eigenvalue weighted by Crippen LogP contribution is 2.38. The average Bonchev–Trinajstić information content (AvgIpc) is 3.16. The van der Waals surface area contributed by atoms with Crippen LogP contribution in [0.3, 0.4) is 0 Å². The normalized spacial score (nSPS) is 10.7. The fourth-order valence-corrected chi connectivity index (χ4v) is 2.36. The van der Waals surface area contributed by atoms with Crippen LogP contribution in [0.5, 0.6) is 0 Å². The van der Waals surface area contributed by atoms with Crippen LogP contribution >= 0.6 is 0 Å². The average molecular weight is 303 g/mol. The molecule has 1 aromatic heterocycles. The molecule has 0 radical (unpaired) electrons. The molecule has 0 saturated carbocycles. The number of nitrogens with zero attached hydrogens (tertiary/aromatic N) is 4. The Morgan fingerprint density at radius 3 is 1.70 bits per heavy atom. The lowest BCUT2D eigenvalue weighted by atomic mass is 9.86. The zero-order valence-corrected chi connectivity index (χ0v) is 11.9. The molecule has 0 spiro atoms. The second-order valence-electron chi connectivity index (χ2n) is 4.87. The molecule has 0 aliphatic carbocycles. The van der Waals surface area contributed by atoms with Crippen molar-refractivity contribution in [2.24, 2.45) is 0 Å². The molecular formula is C17H10FN5. The van der Waals surface area contributed by atoms with E-state index in [1.165, 1.54) is 6.33 Å². The molecule has 0 aliphatic heterocycles. The topological polar surface area (TPSA) is 89.2 Å². The maximum absolute atomic E-state index is 16.0. The third-order valence-corrected chi connectivity index (χ3v) is 3.56. The first kappa shape index (κ1) is 14.4. The van der Waals surface area contributed by atoms with Crippen molar-refractivity contribution in [1.82, 2.24) is 15.2 Å². The number of H-pyrrole nitrogens is 1. The smallest absolute Gasteiger partial charge is 0.219 e. The number of nitrogens with one attached hydrogen (secondary N) is 1. The van der Waals surface area contributed by atoms with Gasteiger partial charge < -0.3 is 0 Å². The van der Waals surface area contributed by atoms with Crippen LogP contribution < -0.4 is 0 Å². The van der Waals surface area contributed by atoms with Gasteiger partial charge in [-0.2, -0.15) is 15.6 Å². The Morgan fingerprint density at radius 1 is 0.870 bits per heavy atom. The summed E-state index contributed by atoms with van der Waals surface area (Å²) in [6, 6.07) is 16.3. The highest BCUT2D eigenvalue weighted by atomic mass is 19.1. The zero-order chi connectivity index (χ0) is 16.3. The Hall–Kier alpha value is -3.51. The van der Waals surface area contributed by atoms with Crippen LogP contribution in [0.4, 0.5) is 4.39 Å². The standard InChI is InChI=1S/C17H10FN5/c18-17(16-21-11-22-23-16,14-5-1-12(9-19)2-6-14)15-7-3-13(10-20)4-8-15/h1-8,11H,(H,21,22,23). The third-order valence-electron chi connectivity index (χ3n) is 3.56. The summed E-state index contributed by atoms with van der Waals surface area (Å²) < 4.78 is 16.0. The van der Waals surface area contributed by atoms with E-state index < -0.39 is 5.67 Å². The predicted octanol–water partition coefficient (Wildman–Crippen LogP) is 2.81. The monoisotopic (exact) mass is 303 g/mol. The maximum Gasteiger partial charge on any atom is 0.219 e. The summed E-state index contributed by atoms with van der Waals surface area (Å²) in [5.41, 5.74) is -0.545.